The molecular weight excluding hydrogens is 252 g/mol. The molecule has 5 heteroatoms. The Morgan fingerprint density at radius 3 is 2.72 bits per heavy atom. The molecule has 0 saturated heterocycles. The number of rotatable bonds is 7. The maximum absolute atomic E-state index is 11.6. The highest BCUT2D eigenvalue weighted by Crippen LogP contribution is 2.14. The van der Waals surface area contributed by atoms with Crippen LogP contribution in [0.3, 0.4) is 0 Å². The van der Waals surface area contributed by atoms with Crippen LogP contribution in [0.1, 0.15) is 18.9 Å². The van der Waals surface area contributed by atoms with E-state index in [0.717, 1.165) is 24.3 Å². The molecule has 0 radical (unpaired) electrons. The molecule has 0 heterocycles. The van der Waals surface area contributed by atoms with E-state index < -0.39 is 0 Å². The molecule has 1 aromatic carbocycles. The van der Waals surface area contributed by atoms with Crippen molar-refractivity contribution in [2.75, 3.05) is 25.6 Å². The van der Waals surface area contributed by atoms with Crippen LogP contribution in [0.5, 0.6) is 0 Å². The number of hydrogen-bond acceptors (Lipinski definition) is 3. The SMILES string of the molecule is CCNCc1ccccc1NC(=O)CCOC.Cl. The summed E-state index contributed by atoms with van der Waals surface area (Å²) >= 11 is 0. The Balaban J connectivity index is 0.00000289. The number of halogens is 1. The first kappa shape index (κ1) is 16.9. The first-order valence-electron chi connectivity index (χ1n) is 5.85. The number of carbonyl (C=O) groups excluding carboxylic acids is 1. The summed E-state index contributed by atoms with van der Waals surface area (Å²) in [5.74, 6) is -0.0178. The first-order valence-corrected chi connectivity index (χ1v) is 5.85. The van der Waals surface area contributed by atoms with Crippen molar-refractivity contribution in [3.8, 4) is 0 Å². The number of para-hydroxylation sites is 1. The van der Waals surface area contributed by atoms with Gasteiger partial charge in [0.2, 0.25) is 5.91 Å². The number of anilines is 1. The van der Waals surface area contributed by atoms with Gasteiger partial charge in [0, 0.05) is 19.3 Å². The maximum atomic E-state index is 11.6. The summed E-state index contributed by atoms with van der Waals surface area (Å²) in [6, 6.07) is 7.81. The minimum Gasteiger partial charge on any atom is -0.384 e. The van der Waals surface area contributed by atoms with E-state index in [-0.39, 0.29) is 18.3 Å². The molecule has 0 saturated carbocycles. The van der Waals surface area contributed by atoms with Crippen molar-refractivity contribution in [2.45, 2.75) is 19.9 Å². The molecule has 0 fully saturated rings. The van der Waals surface area contributed by atoms with E-state index in [1.807, 2.05) is 24.3 Å². The van der Waals surface area contributed by atoms with Crippen LogP contribution in [0.15, 0.2) is 24.3 Å². The van der Waals surface area contributed by atoms with Crippen molar-refractivity contribution < 1.29 is 9.53 Å². The Bertz CT molecular complexity index is 359. The molecular formula is C13H21ClN2O2. The van der Waals surface area contributed by atoms with E-state index in [0.29, 0.717) is 13.0 Å². The third kappa shape index (κ3) is 6.00. The Kier molecular flexibility index (Phi) is 9.28. The van der Waals surface area contributed by atoms with Gasteiger partial charge in [0.15, 0.2) is 0 Å². The van der Waals surface area contributed by atoms with Gasteiger partial charge in [-0.3, -0.25) is 4.79 Å². The first-order chi connectivity index (χ1) is 8.27. The molecule has 0 spiro atoms. The van der Waals surface area contributed by atoms with Crippen molar-refractivity contribution in [1.29, 1.82) is 0 Å². The lowest BCUT2D eigenvalue weighted by Gasteiger charge is -2.11. The minimum absolute atomic E-state index is 0. The number of hydrogen-bond donors (Lipinski definition) is 2. The third-order valence-corrected chi connectivity index (χ3v) is 2.39. The predicted octanol–water partition coefficient (Wildman–Crippen LogP) is 2.19. The fraction of sp³-hybridized carbons (Fsp3) is 0.462. The second kappa shape index (κ2) is 9.88. The van der Waals surface area contributed by atoms with Gasteiger partial charge in [0.1, 0.15) is 0 Å². The largest absolute Gasteiger partial charge is 0.384 e. The summed E-state index contributed by atoms with van der Waals surface area (Å²) in [6.07, 6.45) is 0.381. The van der Waals surface area contributed by atoms with Crippen LogP contribution in [0, 0.1) is 0 Å². The highest BCUT2D eigenvalue weighted by molar-refractivity contribution is 5.91. The number of amides is 1. The molecule has 0 aliphatic carbocycles. The second-order valence-corrected chi connectivity index (χ2v) is 3.73. The molecule has 0 unspecified atom stereocenters. The zero-order chi connectivity index (χ0) is 12.5. The molecule has 1 amide bonds. The van der Waals surface area contributed by atoms with E-state index in [2.05, 4.69) is 17.6 Å². The molecule has 2 N–H and O–H groups in total. The summed E-state index contributed by atoms with van der Waals surface area (Å²) in [5.41, 5.74) is 1.97. The maximum Gasteiger partial charge on any atom is 0.226 e. The van der Waals surface area contributed by atoms with E-state index in [4.69, 9.17) is 4.74 Å². The van der Waals surface area contributed by atoms with Gasteiger partial charge in [-0.1, -0.05) is 25.1 Å². The van der Waals surface area contributed by atoms with Gasteiger partial charge in [0.25, 0.3) is 0 Å². The van der Waals surface area contributed by atoms with E-state index in [9.17, 15) is 4.79 Å². The molecule has 1 rings (SSSR count). The van der Waals surface area contributed by atoms with Gasteiger partial charge in [-0.25, -0.2) is 0 Å². The van der Waals surface area contributed by atoms with Crippen molar-refractivity contribution in [1.82, 2.24) is 5.32 Å². The molecule has 102 valence electrons. The average Bonchev–Trinajstić information content (AvgIpc) is 2.35. The fourth-order valence-corrected chi connectivity index (χ4v) is 1.46. The standard InChI is InChI=1S/C13H20N2O2.ClH/c1-3-14-10-11-6-4-5-7-12(11)15-13(16)8-9-17-2;/h4-7,14H,3,8-10H2,1-2H3,(H,15,16);1H. The lowest BCUT2D eigenvalue weighted by Crippen LogP contribution is -2.17. The Hall–Kier alpha value is -1.10. The minimum atomic E-state index is -0.0178. The normalized spacial score (nSPS) is 9.67. The van der Waals surface area contributed by atoms with Gasteiger partial charge >= 0.3 is 0 Å². The summed E-state index contributed by atoms with van der Waals surface area (Å²) < 4.78 is 4.87. The Labute approximate surface area is 115 Å². The van der Waals surface area contributed by atoms with E-state index in [1.165, 1.54) is 0 Å². The summed E-state index contributed by atoms with van der Waals surface area (Å²) in [5, 5.41) is 6.14. The van der Waals surface area contributed by atoms with Crippen molar-refractivity contribution >= 4 is 24.0 Å². The number of nitrogens with one attached hydrogen (secondary N) is 2. The van der Waals surface area contributed by atoms with Crippen molar-refractivity contribution in [3.05, 3.63) is 29.8 Å². The zero-order valence-electron chi connectivity index (χ0n) is 10.9. The van der Waals surface area contributed by atoms with E-state index >= 15 is 0 Å². The Morgan fingerprint density at radius 1 is 1.33 bits per heavy atom. The molecule has 0 aliphatic heterocycles. The quantitative estimate of drug-likeness (QED) is 0.800. The second-order valence-electron chi connectivity index (χ2n) is 3.73. The average molecular weight is 273 g/mol. The van der Waals surface area contributed by atoms with Gasteiger partial charge in [-0.2, -0.15) is 0 Å². The molecule has 4 nitrogen and oxygen atoms in total. The van der Waals surface area contributed by atoms with Gasteiger partial charge < -0.3 is 15.4 Å². The van der Waals surface area contributed by atoms with Crippen LogP contribution >= 0.6 is 12.4 Å². The van der Waals surface area contributed by atoms with Crippen LogP contribution in [-0.2, 0) is 16.1 Å². The summed E-state index contributed by atoms with van der Waals surface area (Å²) in [4.78, 5) is 11.6. The Morgan fingerprint density at radius 2 is 2.06 bits per heavy atom. The monoisotopic (exact) mass is 272 g/mol. The predicted molar refractivity (Wildman–Crippen MR) is 76.2 cm³/mol. The van der Waals surface area contributed by atoms with Gasteiger partial charge in [-0.15, -0.1) is 12.4 Å². The lowest BCUT2D eigenvalue weighted by atomic mass is 10.1. The van der Waals surface area contributed by atoms with Crippen LogP contribution in [-0.4, -0.2) is 26.2 Å². The summed E-state index contributed by atoms with van der Waals surface area (Å²) in [6.45, 7) is 4.17. The number of ether oxygens (including phenoxy) is 1. The molecule has 18 heavy (non-hydrogen) atoms. The lowest BCUT2D eigenvalue weighted by molar-refractivity contribution is -0.117. The van der Waals surface area contributed by atoms with Crippen molar-refractivity contribution in [3.63, 3.8) is 0 Å². The molecule has 1 aromatic rings. The third-order valence-electron chi connectivity index (χ3n) is 2.39. The number of methoxy groups -OCH3 is 1. The van der Waals surface area contributed by atoms with Crippen LogP contribution in [0.4, 0.5) is 5.69 Å². The number of benzene rings is 1. The van der Waals surface area contributed by atoms with Gasteiger partial charge in [-0.05, 0) is 18.2 Å². The van der Waals surface area contributed by atoms with Crippen molar-refractivity contribution in [2.24, 2.45) is 0 Å². The molecule has 0 bridgehead atoms. The van der Waals surface area contributed by atoms with Gasteiger partial charge in [0.05, 0.1) is 13.0 Å². The fourth-order valence-electron chi connectivity index (χ4n) is 1.46. The highest BCUT2D eigenvalue weighted by atomic mass is 35.5. The van der Waals surface area contributed by atoms with E-state index in [1.54, 1.807) is 7.11 Å². The molecule has 0 atom stereocenters. The number of carbonyl (C=O) groups is 1. The van der Waals surface area contributed by atoms with Crippen LogP contribution in [0.2, 0.25) is 0 Å². The topological polar surface area (TPSA) is 50.4 Å². The molecule has 0 aromatic heterocycles. The summed E-state index contributed by atoms with van der Waals surface area (Å²) in [7, 11) is 1.59. The zero-order valence-corrected chi connectivity index (χ0v) is 11.7. The van der Waals surface area contributed by atoms with Crippen LogP contribution < -0.4 is 10.6 Å². The molecule has 0 aliphatic rings. The smallest absolute Gasteiger partial charge is 0.226 e. The highest BCUT2D eigenvalue weighted by Gasteiger charge is 2.05. The van der Waals surface area contributed by atoms with Crippen LogP contribution in [0.25, 0.3) is 0 Å².